The second-order valence-corrected chi connectivity index (χ2v) is 2.37. The molecule has 8 nitrogen and oxygen atoms in total. The van der Waals surface area contributed by atoms with E-state index in [2.05, 4.69) is 9.47 Å². The number of amidine groups is 2. The largest absolute Gasteiger partial charge is 0.390 e. The van der Waals surface area contributed by atoms with E-state index in [0.29, 0.717) is 0 Å². The van der Waals surface area contributed by atoms with Crippen LogP contribution < -0.4 is 11.5 Å². The van der Waals surface area contributed by atoms with Gasteiger partial charge in [0.2, 0.25) is 0 Å². The molecule has 0 amide bonds. The van der Waals surface area contributed by atoms with Crippen molar-refractivity contribution in [3.05, 3.63) is 11.6 Å². The Bertz CT molecular complexity index is 347. The van der Waals surface area contributed by atoms with Crippen molar-refractivity contribution in [2.24, 2.45) is 11.5 Å². The minimum Gasteiger partial charge on any atom is -0.390 e. The lowest BCUT2D eigenvalue weighted by Crippen LogP contribution is -2.21. The van der Waals surface area contributed by atoms with Crippen LogP contribution in [0.15, 0.2) is 11.6 Å². The van der Waals surface area contributed by atoms with E-state index in [1.54, 1.807) is 0 Å². The van der Waals surface area contributed by atoms with E-state index < -0.39 is 24.0 Å². The number of ether oxygens (including phenoxy) is 2. The summed E-state index contributed by atoms with van der Waals surface area (Å²) in [5.41, 5.74) is 9.42. The van der Waals surface area contributed by atoms with Crippen molar-refractivity contribution in [1.29, 1.82) is 10.8 Å². The fraction of sp³-hybridized carbons (Fsp3) is 0.143. The number of hydrogen-bond donors (Lipinski definition) is 4. The Morgan fingerprint density at radius 2 is 1.60 bits per heavy atom. The van der Waals surface area contributed by atoms with Crippen molar-refractivity contribution in [2.75, 3.05) is 0 Å². The van der Waals surface area contributed by atoms with Crippen LogP contribution in [0.25, 0.3) is 0 Å². The smallest absolute Gasteiger partial charge is 0.341 e. The monoisotopic (exact) mass is 214 g/mol. The normalized spacial score (nSPS) is 10.3. The lowest BCUT2D eigenvalue weighted by Gasteiger charge is -2.01. The van der Waals surface area contributed by atoms with E-state index in [1.165, 1.54) is 6.92 Å². The van der Waals surface area contributed by atoms with Gasteiger partial charge >= 0.3 is 11.9 Å². The predicted octanol–water partition coefficient (Wildman–Crippen LogP) is -1.19. The zero-order chi connectivity index (χ0) is 12.0. The number of carbonyl (C=O) groups is 2. The first-order chi connectivity index (χ1) is 6.82. The standard InChI is InChI=1S/C7H10N4O4/c1-3(5(13)15-7(10)11)2-4(12)14-6(8)9/h2H,1H3,(H3,8,9)(H3,10,11)/b3-2+. The molecule has 0 saturated heterocycles. The van der Waals surface area contributed by atoms with Crippen LogP contribution in [0.4, 0.5) is 0 Å². The van der Waals surface area contributed by atoms with Gasteiger partial charge < -0.3 is 20.9 Å². The van der Waals surface area contributed by atoms with Crippen molar-refractivity contribution in [2.45, 2.75) is 6.92 Å². The third-order valence-electron chi connectivity index (χ3n) is 1.07. The summed E-state index contributed by atoms with van der Waals surface area (Å²) in [5.74, 6) is -1.94. The summed E-state index contributed by atoms with van der Waals surface area (Å²) in [7, 11) is 0. The Morgan fingerprint density at radius 1 is 1.13 bits per heavy atom. The minimum absolute atomic E-state index is 0.128. The molecule has 0 radical (unpaired) electrons. The van der Waals surface area contributed by atoms with Gasteiger partial charge in [-0.3, -0.25) is 10.8 Å². The highest BCUT2D eigenvalue weighted by Gasteiger charge is 2.10. The highest BCUT2D eigenvalue weighted by Crippen LogP contribution is 1.97. The molecule has 15 heavy (non-hydrogen) atoms. The third-order valence-corrected chi connectivity index (χ3v) is 1.07. The molecule has 0 aliphatic heterocycles. The zero-order valence-electron chi connectivity index (χ0n) is 7.87. The maximum atomic E-state index is 11.0. The topological polar surface area (TPSA) is 152 Å². The molecule has 6 N–H and O–H groups in total. The molecular weight excluding hydrogens is 204 g/mol. The summed E-state index contributed by atoms with van der Waals surface area (Å²) >= 11 is 0. The molecule has 0 atom stereocenters. The van der Waals surface area contributed by atoms with Gasteiger partial charge in [0.25, 0.3) is 12.0 Å². The van der Waals surface area contributed by atoms with E-state index in [4.69, 9.17) is 22.3 Å². The minimum atomic E-state index is -0.986. The van der Waals surface area contributed by atoms with Crippen molar-refractivity contribution in [3.8, 4) is 0 Å². The number of hydrogen-bond acceptors (Lipinski definition) is 6. The first kappa shape index (κ1) is 12.6. The summed E-state index contributed by atoms with van der Waals surface area (Å²) in [4.78, 5) is 21.8. The molecule has 0 fully saturated rings. The molecule has 0 heterocycles. The molecular formula is C7H10N4O4. The molecule has 0 aliphatic rings. The molecule has 0 bridgehead atoms. The number of nitrogens with one attached hydrogen (secondary N) is 2. The molecule has 8 heteroatoms. The summed E-state index contributed by atoms with van der Waals surface area (Å²) in [6.07, 6.45) is 0.771. The van der Waals surface area contributed by atoms with Gasteiger partial charge in [-0.15, -0.1) is 0 Å². The van der Waals surface area contributed by atoms with E-state index in [-0.39, 0.29) is 5.57 Å². The number of carbonyl (C=O) groups excluding carboxylic acids is 2. The average molecular weight is 214 g/mol. The summed E-state index contributed by atoms with van der Waals surface area (Å²) in [6.45, 7) is 1.26. The zero-order valence-corrected chi connectivity index (χ0v) is 7.87. The quantitative estimate of drug-likeness (QED) is 0.196. The first-order valence-corrected chi connectivity index (χ1v) is 3.63. The molecule has 0 aliphatic carbocycles. The third kappa shape index (κ3) is 5.80. The van der Waals surface area contributed by atoms with E-state index in [0.717, 1.165) is 6.08 Å². The molecule has 0 rings (SSSR count). The molecule has 0 unspecified atom stereocenters. The van der Waals surface area contributed by atoms with Crippen molar-refractivity contribution in [1.82, 2.24) is 0 Å². The maximum absolute atomic E-state index is 11.0. The Kier molecular flexibility index (Phi) is 4.52. The summed E-state index contributed by atoms with van der Waals surface area (Å²) in [5, 5.41) is 13.3. The van der Waals surface area contributed by atoms with Crippen LogP contribution in [0.1, 0.15) is 6.92 Å². The number of nitrogens with two attached hydrogens (primary N) is 2. The first-order valence-electron chi connectivity index (χ1n) is 3.63. The van der Waals surface area contributed by atoms with Gasteiger partial charge in [0, 0.05) is 11.6 Å². The van der Waals surface area contributed by atoms with Crippen LogP contribution in [-0.4, -0.2) is 24.0 Å². The van der Waals surface area contributed by atoms with Crippen LogP contribution in [0.3, 0.4) is 0 Å². The van der Waals surface area contributed by atoms with Crippen molar-refractivity contribution in [3.63, 3.8) is 0 Å². The van der Waals surface area contributed by atoms with Gasteiger partial charge in [-0.2, -0.15) is 0 Å². The van der Waals surface area contributed by atoms with Gasteiger partial charge in [-0.25, -0.2) is 9.59 Å². The van der Waals surface area contributed by atoms with Gasteiger partial charge in [0.05, 0.1) is 0 Å². The fourth-order valence-corrected chi connectivity index (χ4v) is 0.554. The second kappa shape index (κ2) is 5.37. The Labute approximate surface area is 84.8 Å². The van der Waals surface area contributed by atoms with Crippen LogP contribution in [0, 0.1) is 10.8 Å². The fourth-order valence-electron chi connectivity index (χ4n) is 0.554. The summed E-state index contributed by atoms with van der Waals surface area (Å²) < 4.78 is 8.31. The average Bonchev–Trinajstić information content (AvgIpc) is 2.00. The number of rotatable bonds is 2. The Balaban J connectivity index is 4.42. The van der Waals surface area contributed by atoms with Crippen LogP contribution >= 0.6 is 0 Å². The predicted molar refractivity (Wildman–Crippen MR) is 49.8 cm³/mol. The van der Waals surface area contributed by atoms with Gasteiger partial charge in [0.1, 0.15) is 0 Å². The van der Waals surface area contributed by atoms with Gasteiger partial charge in [-0.1, -0.05) is 0 Å². The lowest BCUT2D eigenvalue weighted by molar-refractivity contribution is -0.133. The van der Waals surface area contributed by atoms with E-state index in [1.807, 2.05) is 0 Å². The molecule has 82 valence electrons. The highest BCUT2D eigenvalue weighted by molar-refractivity contribution is 6.01. The van der Waals surface area contributed by atoms with Crippen LogP contribution in [-0.2, 0) is 19.1 Å². The van der Waals surface area contributed by atoms with Crippen LogP contribution in [0.5, 0.6) is 0 Å². The van der Waals surface area contributed by atoms with Crippen molar-refractivity contribution >= 4 is 24.0 Å². The van der Waals surface area contributed by atoms with E-state index >= 15 is 0 Å². The van der Waals surface area contributed by atoms with Gasteiger partial charge in [0.15, 0.2) is 0 Å². The molecule has 0 aromatic heterocycles. The Morgan fingerprint density at radius 3 is 2.00 bits per heavy atom. The van der Waals surface area contributed by atoms with Gasteiger partial charge in [-0.05, 0) is 6.92 Å². The Hall–Kier alpha value is -2.38. The second-order valence-electron chi connectivity index (χ2n) is 2.37. The number of esters is 2. The SMILES string of the molecule is C/C(=C\C(=O)OC(=N)N)C(=O)OC(=N)N. The van der Waals surface area contributed by atoms with Crippen LogP contribution in [0.2, 0.25) is 0 Å². The maximum Gasteiger partial charge on any atom is 0.341 e. The lowest BCUT2D eigenvalue weighted by atomic mass is 10.3. The molecule has 0 aromatic rings. The highest BCUT2D eigenvalue weighted by atomic mass is 16.6. The molecule has 0 aromatic carbocycles. The molecule has 0 spiro atoms. The summed E-state index contributed by atoms with van der Waals surface area (Å²) in [6, 6.07) is -1.57. The molecule has 0 saturated carbocycles. The van der Waals surface area contributed by atoms with Crippen molar-refractivity contribution < 1.29 is 19.1 Å². The van der Waals surface area contributed by atoms with E-state index in [9.17, 15) is 9.59 Å².